The van der Waals surface area contributed by atoms with Gasteiger partial charge in [-0.3, -0.25) is 14.7 Å². The number of nitrogens with zero attached hydrogens (tertiary/aromatic N) is 5. The van der Waals surface area contributed by atoms with E-state index in [2.05, 4.69) is 15.1 Å². The highest BCUT2D eigenvalue weighted by atomic mass is 32.1. The highest BCUT2D eigenvalue weighted by Crippen LogP contribution is 2.45. The number of hydrogen-bond donors (Lipinski definition) is 2. The lowest BCUT2D eigenvalue weighted by Gasteiger charge is -2.36. The van der Waals surface area contributed by atoms with E-state index in [1.54, 1.807) is 12.1 Å². The number of nitrogens with one attached hydrogen (secondary N) is 1. The van der Waals surface area contributed by atoms with Crippen molar-refractivity contribution in [1.29, 1.82) is 0 Å². The van der Waals surface area contributed by atoms with Gasteiger partial charge in [0.1, 0.15) is 5.69 Å². The first-order valence-electron chi connectivity index (χ1n) is 14.3. The molecule has 1 aromatic carbocycles. The number of nitrogens with two attached hydrogens (primary N) is 1. The maximum atomic E-state index is 14.0. The molecule has 214 valence electrons. The third kappa shape index (κ3) is 4.55. The summed E-state index contributed by atoms with van der Waals surface area (Å²) in [6.45, 7) is 5.87. The van der Waals surface area contributed by atoms with E-state index in [1.807, 2.05) is 28.1 Å². The quantitative estimate of drug-likeness (QED) is 0.361. The summed E-state index contributed by atoms with van der Waals surface area (Å²) in [6, 6.07) is 8.70. The van der Waals surface area contributed by atoms with Gasteiger partial charge in [0.15, 0.2) is 5.78 Å². The van der Waals surface area contributed by atoms with Crippen molar-refractivity contribution in [2.75, 3.05) is 57.5 Å². The largest absolute Gasteiger partial charge is 0.379 e. The van der Waals surface area contributed by atoms with Gasteiger partial charge in [0.2, 0.25) is 0 Å². The third-order valence-electron chi connectivity index (χ3n) is 8.59. The van der Waals surface area contributed by atoms with Gasteiger partial charge in [-0.05, 0) is 57.0 Å². The number of rotatable bonds is 6. The number of hydrogen-bond acceptors (Lipinski definition) is 8. The van der Waals surface area contributed by atoms with Crippen LogP contribution >= 0.6 is 11.3 Å². The number of H-pyrrole nitrogens is 1. The van der Waals surface area contributed by atoms with E-state index in [9.17, 15) is 14.4 Å². The zero-order chi connectivity index (χ0) is 28.1. The number of ether oxygens (including phenoxy) is 1. The average Bonchev–Trinajstić information content (AvgIpc) is 3.80. The van der Waals surface area contributed by atoms with Crippen LogP contribution in [0.1, 0.15) is 51.3 Å². The van der Waals surface area contributed by atoms with Crippen molar-refractivity contribution >= 4 is 34.7 Å². The van der Waals surface area contributed by atoms with Crippen molar-refractivity contribution in [2.24, 2.45) is 5.73 Å². The van der Waals surface area contributed by atoms with E-state index < -0.39 is 6.03 Å². The molecular formula is C29H33N7O4S. The number of benzene rings is 1. The summed E-state index contributed by atoms with van der Waals surface area (Å²) in [6.07, 6.45) is 4.54. The van der Waals surface area contributed by atoms with Crippen LogP contribution in [0.4, 0.5) is 10.5 Å². The monoisotopic (exact) mass is 575 g/mol. The first-order valence-corrected chi connectivity index (χ1v) is 15.1. The summed E-state index contributed by atoms with van der Waals surface area (Å²) in [5, 5.41) is 10.8. The van der Waals surface area contributed by atoms with Crippen LogP contribution in [-0.2, 0) is 4.74 Å². The highest BCUT2D eigenvalue weighted by Gasteiger charge is 2.39. The van der Waals surface area contributed by atoms with Crippen LogP contribution in [0.2, 0.25) is 0 Å². The maximum absolute atomic E-state index is 14.0. The van der Waals surface area contributed by atoms with Gasteiger partial charge in [0, 0.05) is 37.8 Å². The molecule has 1 atom stereocenters. The van der Waals surface area contributed by atoms with Gasteiger partial charge in [-0.2, -0.15) is 5.10 Å². The van der Waals surface area contributed by atoms with Crippen molar-refractivity contribution in [3.05, 3.63) is 46.3 Å². The summed E-state index contributed by atoms with van der Waals surface area (Å²) < 4.78 is 5.44. The van der Waals surface area contributed by atoms with Gasteiger partial charge in [-0.25, -0.2) is 14.8 Å². The first-order chi connectivity index (χ1) is 20.0. The number of amides is 3. The number of ketones is 1. The molecule has 0 saturated carbocycles. The number of likely N-dealkylation sites (tertiary alicyclic amines) is 2. The molecule has 11 nitrogen and oxygen atoms in total. The molecule has 4 aliphatic rings. The van der Waals surface area contributed by atoms with Crippen molar-refractivity contribution in [3.8, 4) is 21.8 Å². The van der Waals surface area contributed by atoms with Crippen LogP contribution in [0.5, 0.6) is 0 Å². The standard InChI is InChI=1S/C29H33N7O4S/c30-29(39)36(34-13-15-40-16-14-34)20-7-3-6-19-23(20)27(37)24-25(19)31-32-26(24)21-8-9-22(41-21)28(38)35-12-4-5-18(35)17-33-10-1-2-11-33/h3,6-9,18H,1-2,4-5,10-17H2,(H2,30,39)(H,31,32). The SMILES string of the molecule is NC(=O)N(c1cccc2c1C(=O)c1c-2n[nH]c1-c1ccc(C(=O)N2CCCC2CN2CCCC2)s1)N1CCOCC1. The molecule has 2 aromatic heterocycles. The van der Waals surface area contributed by atoms with Gasteiger partial charge in [0.25, 0.3) is 5.91 Å². The molecule has 0 bridgehead atoms. The van der Waals surface area contributed by atoms with Crippen LogP contribution in [0.25, 0.3) is 21.8 Å². The van der Waals surface area contributed by atoms with E-state index in [-0.39, 0.29) is 17.7 Å². The fourth-order valence-electron chi connectivity index (χ4n) is 6.66. The highest BCUT2D eigenvalue weighted by molar-refractivity contribution is 7.17. The molecule has 3 amide bonds. The minimum absolute atomic E-state index is 0.0543. The second kappa shape index (κ2) is 10.7. The first kappa shape index (κ1) is 26.3. The number of fused-ring (bicyclic) bond motifs is 3. The molecule has 3 aliphatic heterocycles. The number of anilines is 1. The molecule has 3 fully saturated rings. The molecule has 1 unspecified atom stereocenters. The predicted molar refractivity (Wildman–Crippen MR) is 155 cm³/mol. The minimum atomic E-state index is -0.661. The van der Waals surface area contributed by atoms with Gasteiger partial charge in [-0.1, -0.05) is 12.1 Å². The van der Waals surface area contributed by atoms with Gasteiger partial charge in [0.05, 0.1) is 45.5 Å². The fourth-order valence-corrected chi connectivity index (χ4v) is 7.63. The average molecular weight is 576 g/mol. The summed E-state index contributed by atoms with van der Waals surface area (Å²) in [5.74, 6) is -0.168. The van der Waals surface area contributed by atoms with E-state index in [4.69, 9.17) is 10.5 Å². The van der Waals surface area contributed by atoms with Crippen LogP contribution in [0.15, 0.2) is 30.3 Å². The van der Waals surface area contributed by atoms with E-state index in [0.29, 0.717) is 64.9 Å². The molecule has 12 heteroatoms. The zero-order valence-electron chi connectivity index (χ0n) is 22.8. The van der Waals surface area contributed by atoms with Crippen molar-refractivity contribution in [2.45, 2.75) is 31.7 Å². The molecule has 3 aromatic rings. The third-order valence-corrected chi connectivity index (χ3v) is 9.68. The smallest absolute Gasteiger partial charge is 0.334 e. The lowest BCUT2D eigenvalue weighted by molar-refractivity contribution is 0.0364. The minimum Gasteiger partial charge on any atom is -0.379 e. The van der Waals surface area contributed by atoms with E-state index in [1.165, 1.54) is 29.2 Å². The van der Waals surface area contributed by atoms with Crippen LogP contribution in [0.3, 0.4) is 0 Å². The number of hydrazine groups is 1. The fraction of sp³-hybridized carbons (Fsp3) is 0.448. The summed E-state index contributed by atoms with van der Waals surface area (Å²) in [7, 11) is 0. The molecule has 1 aliphatic carbocycles. The number of urea groups is 1. The van der Waals surface area contributed by atoms with Crippen molar-refractivity contribution in [1.82, 2.24) is 25.0 Å². The lowest BCUT2D eigenvalue weighted by Crippen LogP contribution is -2.54. The van der Waals surface area contributed by atoms with Crippen LogP contribution in [-0.4, -0.2) is 101 Å². The number of thiophene rings is 1. The molecule has 3 saturated heterocycles. The normalized spacial score (nSPS) is 20.9. The number of primary amides is 1. The van der Waals surface area contributed by atoms with Crippen molar-refractivity contribution in [3.63, 3.8) is 0 Å². The van der Waals surface area contributed by atoms with E-state index in [0.717, 1.165) is 43.9 Å². The summed E-state index contributed by atoms with van der Waals surface area (Å²) in [5.41, 5.74) is 8.88. The molecule has 7 rings (SSSR count). The Hall–Kier alpha value is -3.58. The second-order valence-electron chi connectivity index (χ2n) is 11.0. The topological polar surface area (TPSA) is 128 Å². The summed E-state index contributed by atoms with van der Waals surface area (Å²) >= 11 is 1.38. The number of carbonyl (C=O) groups excluding carboxylic acids is 3. The van der Waals surface area contributed by atoms with Gasteiger partial charge in [-0.15, -0.1) is 11.3 Å². The maximum Gasteiger partial charge on any atom is 0.334 e. The Morgan fingerprint density at radius 2 is 1.85 bits per heavy atom. The molecular weight excluding hydrogens is 542 g/mol. The Morgan fingerprint density at radius 3 is 2.63 bits per heavy atom. The Kier molecular flexibility index (Phi) is 6.86. The number of aromatic amines is 1. The Morgan fingerprint density at radius 1 is 1.05 bits per heavy atom. The Labute approximate surface area is 241 Å². The van der Waals surface area contributed by atoms with Crippen LogP contribution < -0.4 is 10.7 Å². The van der Waals surface area contributed by atoms with Gasteiger partial charge < -0.3 is 20.3 Å². The van der Waals surface area contributed by atoms with Gasteiger partial charge >= 0.3 is 6.03 Å². The number of aromatic nitrogens is 2. The predicted octanol–water partition coefficient (Wildman–Crippen LogP) is 3.18. The molecule has 0 spiro atoms. The van der Waals surface area contributed by atoms with Crippen LogP contribution in [0, 0.1) is 0 Å². The molecule has 3 N–H and O–H groups in total. The lowest BCUT2D eigenvalue weighted by atomic mass is 10.1. The Balaban J connectivity index is 1.16. The second-order valence-corrected chi connectivity index (χ2v) is 12.1. The summed E-state index contributed by atoms with van der Waals surface area (Å²) in [4.78, 5) is 46.1. The molecule has 5 heterocycles. The molecule has 0 radical (unpaired) electrons. The number of morpholine rings is 1. The molecule has 41 heavy (non-hydrogen) atoms. The van der Waals surface area contributed by atoms with Crippen molar-refractivity contribution < 1.29 is 19.1 Å². The number of carbonyl (C=O) groups is 3. The zero-order valence-corrected chi connectivity index (χ0v) is 23.6. The van der Waals surface area contributed by atoms with E-state index >= 15 is 0 Å². The Bertz CT molecular complexity index is 1500.